The van der Waals surface area contributed by atoms with Gasteiger partial charge in [-0.1, -0.05) is 121 Å². The smallest absolute Gasteiger partial charge is 0.0256 e. The number of fused-ring (bicyclic) bond motifs is 2. The molecule has 0 spiro atoms. The van der Waals surface area contributed by atoms with Gasteiger partial charge >= 0.3 is 0 Å². The van der Waals surface area contributed by atoms with Crippen LogP contribution in [0.1, 0.15) is 103 Å². The Morgan fingerprint density at radius 1 is 0.395 bits per heavy atom. The van der Waals surface area contributed by atoms with Gasteiger partial charge in [-0.05, 0) is 152 Å². The molecule has 0 heterocycles. The van der Waals surface area contributed by atoms with Crippen LogP contribution in [0.3, 0.4) is 0 Å². The highest BCUT2D eigenvalue weighted by atomic mass is 79.9. The summed E-state index contributed by atoms with van der Waals surface area (Å²) in [4.78, 5) is 0. The Hall–Kier alpha value is -1.68. The monoisotopic (exact) mass is 760 g/mol. The molecule has 0 radical (unpaired) electrons. The first kappa shape index (κ1) is 31.3. The summed E-state index contributed by atoms with van der Waals surface area (Å²) in [6, 6.07) is 25.5. The molecule has 0 amide bonds. The molecule has 0 aliphatic heterocycles. The van der Waals surface area contributed by atoms with E-state index in [-0.39, 0.29) is 21.7 Å². The molecule has 0 bridgehead atoms. The average molecular weight is 763 g/mol. The quantitative estimate of drug-likeness (QED) is 0.195. The summed E-state index contributed by atoms with van der Waals surface area (Å²) in [5.74, 6) is 0. The molecule has 3 heteroatoms. The molecule has 4 aromatic rings. The minimum atomic E-state index is 0.142. The molecule has 43 heavy (non-hydrogen) atoms. The molecule has 0 saturated carbocycles. The molecule has 0 saturated heterocycles. The van der Waals surface area contributed by atoms with Crippen molar-refractivity contribution in [2.75, 3.05) is 0 Å². The van der Waals surface area contributed by atoms with Crippen LogP contribution in [0.5, 0.6) is 0 Å². The highest BCUT2D eigenvalue weighted by Crippen LogP contribution is 2.51. The Kier molecular flexibility index (Phi) is 7.79. The van der Waals surface area contributed by atoms with Crippen molar-refractivity contribution in [2.45, 2.75) is 103 Å². The topological polar surface area (TPSA) is 0 Å². The Balaban J connectivity index is 1.62. The first-order chi connectivity index (χ1) is 20.0. The summed E-state index contributed by atoms with van der Waals surface area (Å²) in [5.41, 5.74) is 13.9. The SMILES string of the molecule is CC1(C)CCC(C)(C)c2cc(-c3cc(-c4ccccc4Br)cc(-c4cc5c(cc4Br)C(C)(C)CCC5(C)C)c3)c(Br)cc21. The van der Waals surface area contributed by atoms with Crippen LogP contribution in [-0.4, -0.2) is 0 Å². The molecule has 2 aliphatic rings. The van der Waals surface area contributed by atoms with Gasteiger partial charge < -0.3 is 0 Å². The van der Waals surface area contributed by atoms with Gasteiger partial charge in [-0.2, -0.15) is 0 Å². The van der Waals surface area contributed by atoms with Gasteiger partial charge in [0, 0.05) is 13.4 Å². The lowest BCUT2D eigenvalue weighted by molar-refractivity contribution is 0.332. The molecule has 0 atom stereocenters. The lowest BCUT2D eigenvalue weighted by Crippen LogP contribution is -2.33. The van der Waals surface area contributed by atoms with Crippen LogP contribution >= 0.6 is 47.8 Å². The highest BCUT2D eigenvalue weighted by Gasteiger charge is 2.39. The van der Waals surface area contributed by atoms with Gasteiger partial charge in [0.05, 0.1) is 0 Å². The van der Waals surface area contributed by atoms with E-state index < -0.39 is 0 Å². The average Bonchev–Trinajstić information content (AvgIpc) is 2.93. The molecule has 4 aromatic carbocycles. The van der Waals surface area contributed by atoms with Gasteiger partial charge in [0.1, 0.15) is 0 Å². The number of hydrogen-bond donors (Lipinski definition) is 0. The second-order valence-electron chi connectivity index (χ2n) is 15.6. The Morgan fingerprint density at radius 3 is 1.09 bits per heavy atom. The third-order valence-corrected chi connectivity index (χ3v) is 12.6. The summed E-state index contributed by atoms with van der Waals surface area (Å²) in [6.45, 7) is 19.2. The molecule has 6 rings (SSSR count). The Bertz CT molecular complexity index is 1650. The van der Waals surface area contributed by atoms with E-state index >= 15 is 0 Å². The van der Waals surface area contributed by atoms with Crippen molar-refractivity contribution in [3.63, 3.8) is 0 Å². The van der Waals surface area contributed by atoms with Crippen LogP contribution in [0.4, 0.5) is 0 Å². The molecule has 0 aromatic heterocycles. The summed E-state index contributed by atoms with van der Waals surface area (Å²) in [5, 5.41) is 0. The molecular weight excluding hydrogens is 720 g/mol. The van der Waals surface area contributed by atoms with Gasteiger partial charge in [0.15, 0.2) is 0 Å². The van der Waals surface area contributed by atoms with Crippen molar-refractivity contribution in [1.29, 1.82) is 0 Å². The maximum absolute atomic E-state index is 4.05. The second-order valence-corrected chi connectivity index (χ2v) is 18.1. The Labute approximate surface area is 284 Å². The van der Waals surface area contributed by atoms with Gasteiger partial charge in [0.2, 0.25) is 0 Å². The largest absolute Gasteiger partial charge is 0.0616 e. The first-order valence-electron chi connectivity index (χ1n) is 15.6. The molecule has 0 nitrogen and oxygen atoms in total. The lowest BCUT2D eigenvalue weighted by Gasteiger charge is -2.42. The van der Waals surface area contributed by atoms with Crippen LogP contribution < -0.4 is 0 Å². The normalized spacial score (nSPS) is 19.4. The van der Waals surface area contributed by atoms with E-state index in [1.165, 1.54) is 90.3 Å². The summed E-state index contributed by atoms with van der Waals surface area (Å²) >= 11 is 12.0. The van der Waals surface area contributed by atoms with Crippen LogP contribution in [0.2, 0.25) is 0 Å². The maximum Gasteiger partial charge on any atom is 0.0256 e. The van der Waals surface area contributed by atoms with E-state index in [4.69, 9.17) is 0 Å². The van der Waals surface area contributed by atoms with Crippen molar-refractivity contribution in [2.24, 2.45) is 0 Å². The highest BCUT2D eigenvalue weighted by molar-refractivity contribution is 9.11. The zero-order valence-electron chi connectivity index (χ0n) is 26.8. The molecular formula is C40H43Br3. The standard InChI is InChI=1S/C40H43Br3/c1-37(2)13-15-39(5,6)32-22-35(42)28(20-30(32)37)25-17-24(27-11-9-10-12-34(27)41)18-26(19-25)29-21-31-33(23-36(29)43)40(7,8)16-14-38(31,3)4/h9-12,17-23H,13-16H2,1-8H3. The van der Waals surface area contributed by atoms with Crippen molar-refractivity contribution in [1.82, 2.24) is 0 Å². The lowest BCUT2D eigenvalue weighted by atomic mass is 9.62. The van der Waals surface area contributed by atoms with Crippen LogP contribution in [0, 0.1) is 0 Å². The van der Waals surface area contributed by atoms with Crippen LogP contribution in [0.25, 0.3) is 33.4 Å². The number of hydrogen-bond acceptors (Lipinski definition) is 0. The van der Waals surface area contributed by atoms with E-state index in [1.54, 1.807) is 0 Å². The van der Waals surface area contributed by atoms with Crippen molar-refractivity contribution in [3.8, 4) is 33.4 Å². The summed E-state index contributed by atoms with van der Waals surface area (Å²) in [7, 11) is 0. The third-order valence-electron chi connectivity index (χ3n) is 10.6. The predicted molar refractivity (Wildman–Crippen MR) is 196 cm³/mol. The van der Waals surface area contributed by atoms with Gasteiger partial charge in [-0.15, -0.1) is 0 Å². The van der Waals surface area contributed by atoms with Crippen LogP contribution in [-0.2, 0) is 21.7 Å². The van der Waals surface area contributed by atoms with E-state index in [2.05, 4.69) is 170 Å². The van der Waals surface area contributed by atoms with Crippen molar-refractivity contribution in [3.05, 3.63) is 102 Å². The van der Waals surface area contributed by atoms with Crippen LogP contribution in [0.15, 0.2) is 80.1 Å². The number of halogens is 3. The zero-order valence-corrected chi connectivity index (χ0v) is 31.6. The van der Waals surface area contributed by atoms with Gasteiger partial charge in [0.25, 0.3) is 0 Å². The fourth-order valence-corrected chi connectivity index (χ4v) is 9.07. The second kappa shape index (κ2) is 10.7. The maximum atomic E-state index is 4.05. The molecule has 224 valence electrons. The Morgan fingerprint density at radius 2 is 0.721 bits per heavy atom. The minimum Gasteiger partial charge on any atom is -0.0616 e. The van der Waals surface area contributed by atoms with E-state index in [0.717, 1.165) is 4.47 Å². The van der Waals surface area contributed by atoms with E-state index in [0.29, 0.717) is 0 Å². The van der Waals surface area contributed by atoms with Crippen molar-refractivity contribution < 1.29 is 0 Å². The van der Waals surface area contributed by atoms with Crippen molar-refractivity contribution >= 4 is 47.8 Å². The van der Waals surface area contributed by atoms with E-state index in [1.807, 2.05) is 0 Å². The summed E-state index contributed by atoms with van der Waals surface area (Å²) in [6.07, 6.45) is 4.81. The number of benzene rings is 4. The van der Waals surface area contributed by atoms with E-state index in [9.17, 15) is 0 Å². The molecule has 2 aliphatic carbocycles. The fraction of sp³-hybridized carbons (Fsp3) is 0.400. The molecule has 0 N–H and O–H groups in total. The van der Waals surface area contributed by atoms with Gasteiger partial charge in [-0.3, -0.25) is 0 Å². The third kappa shape index (κ3) is 5.55. The first-order valence-corrected chi connectivity index (χ1v) is 18.0. The molecule has 0 unspecified atom stereocenters. The summed E-state index contributed by atoms with van der Waals surface area (Å²) < 4.78 is 3.44. The predicted octanol–water partition coefficient (Wildman–Crippen LogP) is 13.7. The molecule has 0 fully saturated rings. The zero-order chi connectivity index (χ0) is 31.1. The number of rotatable bonds is 3. The fourth-order valence-electron chi connectivity index (χ4n) is 7.41. The van der Waals surface area contributed by atoms with Gasteiger partial charge in [-0.25, -0.2) is 0 Å². The minimum absolute atomic E-state index is 0.142.